The van der Waals surface area contributed by atoms with Crippen molar-refractivity contribution in [2.45, 2.75) is 34.2 Å². The molecule has 0 unspecified atom stereocenters. The SMILES string of the molecule is COC(=O)C1=C(C)N(c2ccc(C)c(C)c2)/C(=C/c2ccc(CNC(=O)C(=O)Nc3ccc(C)cc3)o2)C1=O. The van der Waals surface area contributed by atoms with E-state index in [-0.39, 0.29) is 17.8 Å². The van der Waals surface area contributed by atoms with Gasteiger partial charge in [0.05, 0.1) is 19.4 Å². The van der Waals surface area contributed by atoms with E-state index in [0.717, 1.165) is 16.7 Å². The fourth-order valence-corrected chi connectivity index (χ4v) is 4.13. The van der Waals surface area contributed by atoms with Crippen LogP contribution in [-0.4, -0.2) is 30.7 Å². The van der Waals surface area contributed by atoms with Crippen molar-refractivity contribution < 1.29 is 28.3 Å². The lowest BCUT2D eigenvalue weighted by Crippen LogP contribution is -2.34. The van der Waals surface area contributed by atoms with Gasteiger partial charge in [-0.15, -0.1) is 0 Å². The number of benzene rings is 2. The average Bonchev–Trinajstić information content (AvgIpc) is 3.46. The molecule has 0 saturated carbocycles. The third kappa shape index (κ3) is 5.82. The van der Waals surface area contributed by atoms with E-state index >= 15 is 0 Å². The van der Waals surface area contributed by atoms with Gasteiger partial charge in [-0.1, -0.05) is 23.8 Å². The quantitative estimate of drug-likeness (QED) is 0.212. The molecule has 200 valence electrons. The van der Waals surface area contributed by atoms with Gasteiger partial charge in [0.1, 0.15) is 17.1 Å². The number of rotatable bonds is 6. The smallest absolute Gasteiger partial charge is 0.343 e. The number of methoxy groups -OCH3 is 1. The number of aryl methyl sites for hydroxylation is 3. The number of nitrogens with one attached hydrogen (secondary N) is 2. The Bertz CT molecular complexity index is 1530. The van der Waals surface area contributed by atoms with Gasteiger partial charge in [-0.3, -0.25) is 14.4 Å². The molecule has 2 aromatic carbocycles. The Balaban J connectivity index is 1.52. The lowest BCUT2D eigenvalue weighted by molar-refractivity contribution is -0.137. The summed E-state index contributed by atoms with van der Waals surface area (Å²) in [6.45, 7) is 7.52. The molecule has 0 radical (unpaired) electrons. The van der Waals surface area contributed by atoms with Crippen LogP contribution in [0.5, 0.6) is 0 Å². The van der Waals surface area contributed by atoms with E-state index in [1.165, 1.54) is 13.2 Å². The van der Waals surface area contributed by atoms with E-state index < -0.39 is 23.6 Å². The molecule has 9 heteroatoms. The highest BCUT2D eigenvalue weighted by atomic mass is 16.5. The summed E-state index contributed by atoms with van der Waals surface area (Å²) in [5.41, 5.74) is 4.99. The molecular weight excluding hydrogens is 498 g/mol. The second kappa shape index (κ2) is 11.2. The number of ketones is 1. The first kappa shape index (κ1) is 27.1. The number of carbonyl (C=O) groups is 4. The van der Waals surface area contributed by atoms with Gasteiger partial charge >= 0.3 is 17.8 Å². The number of furan rings is 1. The number of hydrogen-bond acceptors (Lipinski definition) is 7. The molecule has 2 heterocycles. The van der Waals surface area contributed by atoms with Gasteiger partial charge in [0.25, 0.3) is 0 Å². The zero-order valence-corrected chi connectivity index (χ0v) is 22.4. The van der Waals surface area contributed by atoms with Gasteiger partial charge in [-0.05, 0) is 75.2 Å². The molecule has 0 bridgehead atoms. The molecule has 4 rings (SSSR count). The molecule has 2 amide bonds. The average molecular weight is 528 g/mol. The molecule has 39 heavy (non-hydrogen) atoms. The molecule has 1 aliphatic heterocycles. The first-order valence-electron chi connectivity index (χ1n) is 12.3. The molecule has 0 fully saturated rings. The van der Waals surface area contributed by atoms with Crippen LogP contribution in [0.15, 0.2) is 76.0 Å². The third-order valence-corrected chi connectivity index (χ3v) is 6.44. The van der Waals surface area contributed by atoms with Crippen molar-refractivity contribution in [1.29, 1.82) is 0 Å². The normalized spacial score (nSPS) is 14.1. The summed E-state index contributed by atoms with van der Waals surface area (Å²) >= 11 is 0. The van der Waals surface area contributed by atoms with E-state index in [1.807, 2.05) is 51.1 Å². The lowest BCUT2D eigenvalue weighted by atomic mass is 10.1. The van der Waals surface area contributed by atoms with Gasteiger partial charge < -0.3 is 24.7 Å². The van der Waals surface area contributed by atoms with Gasteiger partial charge in [0.15, 0.2) is 0 Å². The Morgan fingerprint density at radius 2 is 1.64 bits per heavy atom. The first-order valence-corrected chi connectivity index (χ1v) is 12.3. The van der Waals surface area contributed by atoms with Crippen LogP contribution in [0, 0.1) is 20.8 Å². The Hall–Kier alpha value is -4.92. The Morgan fingerprint density at radius 3 is 2.31 bits per heavy atom. The highest BCUT2D eigenvalue weighted by Crippen LogP contribution is 2.36. The number of ether oxygens (including phenoxy) is 1. The van der Waals surface area contributed by atoms with E-state index in [4.69, 9.17) is 9.15 Å². The van der Waals surface area contributed by atoms with Crippen LogP contribution in [0.3, 0.4) is 0 Å². The highest BCUT2D eigenvalue weighted by molar-refractivity contribution is 6.39. The topological polar surface area (TPSA) is 118 Å². The van der Waals surface area contributed by atoms with E-state index in [2.05, 4.69) is 10.6 Å². The second-order valence-electron chi connectivity index (χ2n) is 9.22. The lowest BCUT2D eigenvalue weighted by Gasteiger charge is -2.22. The Morgan fingerprint density at radius 1 is 0.923 bits per heavy atom. The summed E-state index contributed by atoms with van der Waals surface area (Å²) in [5, 5.41) is 5.05. The van der Waals surface area contributed by atoms with Crippen molar-refractivity contribution in [3.63, 3.8) is 0 Å². The number of allylic oxidation sites excluding steroid dienone is 2. The van der Waals surface area contributed by atoms with E-state index in [0.29, 0.717) is 28.6 Å². The predicted molar refractivity (Wildman–Crippen MR) is 146 cm³/mol. The number of anilines is 2. The molecule has 0 saturated heterocycles. The fraction of sp³-hybridized carbons (Fsp3) is 0.200. The third-order valence-electron chi connectivity index (χ3n) is 6.44. The summed E-state index contributed by atoms with van der Waals surface area (Å²) in [4.78, 5) is 51.9. The van der Waals surface area contributed by atoms with Gasteiger partial charge in [-0.2, -0.15) is 0 Å². The summed E-state index contributed by atoms with van der Waals surface area (Å²) in [7, 11) is 1.23. The maximum Gasteiger partial charge on any atom is 0.343 e. The number of nitrogens with zero attached hydrogens (tertiary/aromatic N) is 1. The Kier molecular flexibility index (Phi) is 7.80. The van der Waals surface area contributed by atoms with Crippen molar-refractivity contribution in [3.8, 4) is 0 Å². The van der Waals surface area contributed by atoms with Gasteiger partial charge in [0, 0.05) is 23.1 Å². The second-order valence-corrected chi connectivity index (χ2v) is 9.22. The summed E-state index contributed by atoms with van der Waals surface area (Å²) in [6, 6.07) is 16.1. The van der Waals surface area contributed by atoms with Crippen LogP contribution < -0.4 is 15.5 Å². The van der Waals surface area contributed by atoms with Crippen LogP contribution in [0.25, 0.3) is 6.08 Å². The maximum absolute atomic E-state index is 13.3. The van der Waals surface area contributed by atoms with Gasteiger partial charge in [-0.25, -0.2) is 4.79 Å². The largest absolute Gasteiger partial charge is 0.465 e. The summed E-state index contributed by atoms with van der Waals surface area (Å²) in [6.07, 6.45) is 1.53. The molecule has 9 nitrogen and oxygen atoms in total. The van der Waals surface area contributed by atoms with Crippen LogP contribution in [0.4, 0.5) is 11.4 Å². The van der Waals surface area contributed by atoms with Gasteiger partial charge in [0.2, 0.25) is 5.78 Å². The number of amides is 2. The minimum absolute atomic E-state index is 0.0389. The summed E-state index contributed by atoms with van der Waals surface area (Å²) < 4.78 is 10.7. The number of carbonyl (C=O) groups excluding carboxylic acids is 4. The molecule has 1 aromatic heterocycles. The molecule has 2 N–H and O–H groups in total. The molecule has 3 aromatic rings. The zero-order valence-electron chi connectivity index (χ0n) is 22.4. The number of hydrogen-bond donors (Lipinski definition) is 2. The van der Waals surface area contributed by atoms with Crippen molar-refractivity contribution in [2.24, 2.45) is 0 Å². The minimum atomic E-state index is -0.818. The molecule has 1 aliphatic rings. The van der Waals surface area contributed by atoms with Crippen molar-refractivity contribution >= 4 is 41.0 Å². The fourth-order valence-electron chi connectivity index (χ4n) is 4.13. The van der Waals surface area contributed by atoms with Crippen molar-refractivity contribution in [3.05, 3.63) is 99.8 Å². The highest BCUT2D eigenvalue weighted by Gasteiger charge is 2.38. The van der Waals surface area contributed by atoms with Crippen LogP contribution in [0.1, 0.15) is 35.1 Å². The van der Waals surface area contributed by atoms with Crippen LogP contribution in [0.2, 0.25) is 0 Å². The van der Waals surface area contributed by atoms with E-state index in [1.54, 1.807) is 36.1 Å². The Labute approximate surface area is 226 Å². The number of esters is 1. The van der Waals surface area contributed by atoms with E-state index in [9.17, 15) is 19.2 Å². The number of Topliss-reactive ketones (excluding diaryl/α,β-unsaturated/α-hetero) is 1. The molecule has 0 aliphatic carbocycles. The molecule has 0 atom stereocenters. The van der Waals surface area contributed by atoms with Crippen molar-refractivity contribution in [1.82, 2.24) is 5.32 Å². The zero-order chi connectivity index (χ0) is 28.3. The van der Waals surface area contributed by atoms with Crippen molar-refractivity contribution in [2.75, 3.05) is 17.3 Å². The standard InChI is InChI=1S/C30H29N3O6/c1-17-6-9-21(10-7-17)32-29(36)28(35)31-16-24-13-12-23(39-24)15-25-27(34)26(30(37)38-5)20(4)33(25)22-11-8-18(2)19(3)14-22/h6-15H,16H2,1-5H3,(H,31,35)(H,32,36)/b25-15+. The maximum atomic E-state index is 13.3. The minimum Gasteiger partial charge on any atom is -0.465 e. The van der Waals surface area contributed by atoms with Crippen LogP contribution in [-0.2, 0) is 30.5 Å². The summed E-state index contributed by atoms with van der Waals surface area (Å²) in [5.74, 6) is -2.12. The predicted octanol–water partition coefficient (Wildman–Crippen LogP) is 4.34. The van der Waals surface area contributed by atoms with Crippen LogP contribution >= 0.6 is 0 Å². The molecule has 0 spiro atoms. The monoisotopic (exact) mass is 527 g/mol. The first-order chi connectivity index (χ1) is 18.6. The molecular formula is C30H29N3O6.